The van der Waals surface area contributed by atoms with Crippen LogP contribution < -0.4 is 16.0 Å². The molecule has 3 rings (SSSR count). The number of rotatable bonds is 7. The Balaban J connectivity index is 1.53. The topological polar surface area (TPSA) is 100 Å². The van der Waals surface area contributed by atoms with Gasteiger partial charge in [-0.15, -0.1) is 11.3 Å². The summed E-state index contributed by atoms with van der Waals surface area (Å²) in [4.78, 5) is 39.3. The Hall–Kier alpha value is -3.66. The monoisotopic (exact) mass is 444 g/mol. The Morgan fingerprint density at radius 1 is 1.03 bits per heavy atom. The van der Waals surface area contributed by atoms with Crippen molar-refractivity contribution < 1.29 is 23.2 Å². The standard InChI is InChI=1S/C21H18F2N4O3S/c1-12(28)24-9-13-2-4-14(5-3-13)18-11-31-21(26-18)27-19(29)10-25-20(30)16-7-6-15(22)8-17(16)23/h2-8,11H,9-10H2,1H3,(H,24,28)(H,25,30)(H,26,27,29). The summed E-state index contributed by atoms with van der Waals surface area (Å²) in [7, 11) is 0. The van der Waals surface area contributed by atoms with E-state index in [1.807, 2.05) is 24.3 Å². The number of nitrogens with zero attached hydrogens (tertiary/aromatic N) is 1. The Bertz CT molecular complexity index is 1120. The summed E-state index contributed by atoms with van der Waals surface area (Å²) in [5.41, 5.74) is 2.08. The summed E-state index contributed by atoms with van der Waals surface area (Å²) in [5, 5.41) is 9.66. The number of benzene rings is 2. The van der Waals surface area contributed by atoms with Crippen molar-refractivity contribution in [2.75, 3.05) is 11.9 Å². The third-order valence-electron chi connectivity index (χ3n) is 4.13. The van der Waals surface area contributed by atoms with Gasteiger partial charge in [0.25, 0.3) is 5.91 Å². The molecule has 0 atom stereocenters. The number of hydrogen-bond acceptors (Lipinski definition) is 5. The fourth-order valence-corrected chi connectivity index (χ4v) is 3.31. The molecule has 0 fully saturated rings. The van der Waals surface area contributed by atoms with Gasteiger partial charge >= 0.3 is 0 Å². The molecule has 10 heteroatoms. The summed E-state index contributed by atoms with van der Waals surface area (Å²) < 4.78 is 26.5. The van der Waals surface area contributed by atoms with E-state index in [4.69, 9.17) is 0 Å². The quantitative estimate of drug-likeness (QED) is 0.521. The minimum Gasteiger partial charge on any atom is -0.352 e. The first-order valence-electron chi connectivity index (χ1n) is 9.14. The summed E-state index contributed by atoms with van der Waals surface area (Å²) in [5.74, 6) is -3.28. The van der Waals surface area contributed by atoms with Gasteiger partial charge in [-0.1, -0.05) is 24.3 Å². The summed E-state index contributed by atoms with van der Waals surface area (Å²) in [6.45, 7) is 1.48. The van der Waals surface area contributed by atoms with E-state index in [0.29, 0.717) is 23.4 Å². The number of thiazole rings is 1. The zero-order chi connectivity index (χ0) is 22.4. The Kier molecular flexibility index (Phi) is 7.03. The molecule has 1 heterocycles. The summed E-state index contributed by atoms with van der Waals surface area (Å²) in [6, 6.07) is 10.0. The minimum atomic E-state index is -1.01. The van der Waals surface area contributed by atoms with Crippen molar-refractivity contribution in [3.05, 3.63) is 70.6 Å². The van der Waals surface area contributed by atoms with Gasteiger partial charge in [-0.3, -0.25) is 14.4 Å². The van der Waals surface area contributed by atoms with Crippen LogP contribution in [0.5, 0.6) is 0 Å². The van der Waals surface area contributed by atoms with Crippen LogP contribution in [0.15, 0.2) is 47.8 Å². The predicted octanol–water partition coefficient (Wildman–Crippen LogP) is 3.09. The molecule has 0 aliphatic carbocycles. The van der Waals surface area contributed by atoms with Crippen molar-refractivity contribution in [3.63, 3.8) is 0 Å². The molecule has 2 aromatic carbocycles. The Labute approximate surface area is 180 Å². The zero-order valence-corrected chi connectivity index (χ0v) is 17.2. The van der Waals surface area contributed by atoms with Gasteiger partial charge < -0.3 is 16.0 Å². The fraction of sp³-hybridized carbons (Fsp3) is 0.143. The molecule has 1 aromatic heterocycles. The normalized spacial score (nSPS) is 10.4. The van der Waals surface area contributed by atoms with Crippen LogP contribution in [-0.4, -0.2) is 29.3 Å². The molecule has 0 radical (unpaired) electrons. The lowest BCUT2D eigenvalue weighted by molar-refractivity contribution is -0.119. The number of nitrogens with one attached hydrogen (secondary N) is 3. The number of aromatic nitrogens is 1. The first kappa shape index (κ1) is 22.0. The highest BCUT2D eigenvalue weighted by Crippen LogP contribution is 2.25. The van der Waals surface area contributed by atoms with Gasteiger partial charge in [0.05, 0.1) is 17.8 Å². The van der Waals surface area contributed by atoms with Crippen LogP contribution in [0.3, 0.4) is 0 Å². The molecule has 0 saturated carbocycles. The molecule has 3 aromatic rings. The van der Waals surface area contributed by atoms with Crippen molar-refractivity contribution in [1.29, 1.82) is 0 Å². The second kappa shape index (κ2) is 9.90. The van der Waals surface area contributed by atoms with Gasteiger partial charge in [-0.25, -0.2) is 13.8 Å². The molecule has 0 aliphatic heterocycles. The molecule has 0 aliphatic rings. The SMILES string of the molecule is CC(=O)NCc1ccc(-c2csc(NC(=O)CNC(=O)c3ccc(F)cc3F)n2)cc1. The highest BCUT2D eigenvalue weighted by molar-refractivity contribution is 7.14. The van der Waals surface area contributed by atoms with Crippen molar-refractivity contribution in [3.8, 4) is 11.3 Å². The largest absolute Gasteiger partial charge is 0.352 e. The van der Waals surface area contributed by atoms with Crippen molar-refractivity contribution in [2.24, 2.45) is 0 Å². The van der Waals surface area contributed by atoms with Gasteiger partial charge in [0.1, 0.15) is 11.6 Å². The van der Waals surface area contributed by atoms with E-state index in [1.165, 1.54) is 18.3 Å². The maximum atomic E-state index is 13.6. The van der Waals surface area contributed by atoms with Crippen LogP contribution in [0.25, 0.3) is 11.3 Å². The summed E-state index contributed by atoms with van der Waals surface area (Å²) >= 11 is 1.21. The first-order valence-corrected chi connectivity index (χ1v) is 10.0. The van der Waals surface area contributed by atoms with Crippen molar-refractivity contribution >= 4 is 34.2 Å². The van der Waals surface area contributed by atoms with Crippen LogP contribution in [0, 0.1) is 11.6 Å². The van der Waals surface area contributed by atoms with Gasteiger partial charge in [-0.05, 0) is 17.7 Å². The van der Waals surface area contributed by atoms with E-state index < -0.39 is 30.0 Å². The Morgan fingerprint density at radius 2 is 1.77 bits per heavy atom. The Morgan fingerprint density at radius 3 is 2.45 bits per heavy atom. The maximum absolute atomic E-state index is 13.6. The zero-order valence-electron chi connectivity index (χ0n) is 16.4. The minimum absolute atomic E-state index is 0.108. The van der Waals surface area contributed by atoms with Crippen LogP contribution in [0.2, 0.25) is 0 Å². The van der Waals surface area contributed by atoms with Gasteiger partial charge in [0, 0.05) is 30.5 Å². The number of halogens is 2. The molecule has 0 saturated heterocycles. The number of anilines is 1. The third kappa shape index (κ3) is 6.16. The highest BCUT2D eigenvalue weighted by Gasteiger charge is 2.14. The van der Waals surface area contributed by atoms with E-state index in [2.05, 4.69) is 20.9 Å². The highest BCUT2D eigenvalue weighted by atomic mass is 32.1. The molecule has 160 valence electrons. The molecule has 31 heavy (non-hydrogen) atoms. The van der Waals surface area contributed by atoms with E-state index in [1.54, 1.807) is 5.38 Å². The van der Waals surface area contributed by atoms with Gasteiger partial charge in [0.15, 0.2) is 5.13 Å². The molecular weight excluding hydrogens is 426 g/mol. The van der Waals surface area contributed by atoms with Crippen LogP contribution >= 0.6 is 11.3 Å². The first-order chi connectivity index (χ1) is 14.8. The predicted molar refractivity (Wildman–Crippen MR) is 112 cm³/mol. The van der Waals surface area contributed by atoms with E-state index in [0.717, 1.165) is 23.3 Å². The fourth-order valence-electron chi connectivity index (χ4n) is 2.58. The van der Waals surface area contributed by atoms with Gasteiger partial charge in [0.2, 0.25) is 11.8 Å². The second-order valence-electron chi connectivity index (χ2n) is 6.50. The lowest BCUT2D eigenvalue weighted by atomic mass is 10.1. The average Bonchev–Trinajstić information content (AvgIpc) is 3.19. The van der Waals surface area contributed by atoms with E-state index in [-0.39, 0.29) is 11.5 Å². The summed E-state index contributed by atoms with van der Waals surface area (Å²) in [6.07, 6.45) is 0. The number of amides is 3. The van der Waals surface area contributed by atoms with Crippen LogP contribution in [0.1, 0.15) is 22.8 Å². The smallest absolute Gasteiger partial charge is 0.254 e. The van der Waals surface area contributed by atoms with E-state index >= 15 is 0 Å². The molecule has 0 bridgehead atoms. The molecule has 7 nitrogen and oxygen atoms in total. The van der Waals surface area contributed by atoms with Gasteiger partial charge in [-0.2, -0.15) is 0 Å². The molecule has 3 N–H and O–H groups in total. The second-order valence-corrected chi connectivity index (χ2v) is 7.36. The molecular formula is C21H18F2N4O3S. The maximum Gasteiger partial charge on any atom is 0.254 e. The molecule has 0 spiro atoms. The number of hydrogen-bond donors (Lipinski definition) is 3. The number of carbonyl (C=O) groups excluding carboxylic acids is 3. The lowest BCUT2D eigenvalue weighted by Crippen LogP contribution is -2.33. The number of carbonyl (C=O) groups is 3. The van der Waals surface area contributed by atoms with Crippen LogP contribution in [0.4, 0.5) is 13.9 Å². The lowest BCUT2D eigenvalue weighted by Gasteiger charge is -2.06. The third-order valence-corrected chi connectivity index (χ3v) is 4.88. The van der Waals surface area contributed by atoms with E-state index in [9.17, 15) is 23.2 Å². The van der Waals surface area contributed by atoms with Crippen molar-refractivity contribution in [1.82, 2.24) is 15.6 Å². The van der Waals surface area contributed by atoms with Crippen molar-refractivity contribution in [2.45, 2.75) is 13.5 Å². The average molecular weight is 444 g/mol. The van der Waals surface area contributed by atoms with Crippen LogP contribution in [-0.2, 0) is 16.1 Å². The molecule has 0 unspecified atom stereocenters. The molecule has 3 amide bonds.